The highest BCUT2D eigenvalue weighted by Crippen LogP contribution is 2.38. The molecule has 4 aromatic rings. The Bertz CT molecular complexity index is 1310. The number of aromatic nitrogens is 5. The molecule has 5 rings (SSSR count). The summed E-state index contributed by atoms with van der Waals surface area (Å²) in [5.74, 6) is -0.887. The lowest BCUT2D eigenvalue weighted by atomic mass is 9.99. The number of nitrogens with zero attached hydrogens (tertiary/aromatic N) is 6. The Morgan fingerprint density at radius 1 is 1.19 bits per heavy atom. The SMILES string of the molecule is COC(=O)c1cn2nc(Cl)cc(-c3c(-c4ccc(F)cc4)nn4c3CN(C)CC4)c2n1. The fourth-order valence-corrected chi connectivity index (χ4v) is 4.06. The summed E-state index contributed by atoms with van der Waals surface area (Å²) < 4.78 is 21.8. The van der Waals surface area contributed by atoms with Gasteiger partial charge in [0, 0.05) is 29.8 Å². The molecule has 8 nitrogen and oxygen atoms in total. The van der Waals surface area contributed by atoms with Gasteiger partial charge in [-0.3, -0.25) is 9.58 Å². The first-order valence-corrected chi connectivity index (χ1v) is 10.0. The normalized spacial score (nSPS) is 14.1. The summed E-state index contributed by atoms with van der Waals surface area (Å²) in [5, 5.41) is 9.32. The van der Waals surface area contributed by atoms with Crippen LogP contribution in [0.4, 0.5) is 4.39 Å². The van der Waals surface area contributed by atoms with Crippen LogP contribution in [0.5, 0.6) is 0 Å². The molecule has 31 heavy (non-hydrogen) atoms. The third kappa shape index (κ3) is 3.35. The van der Waals surface area contributed by atoms with Crippen LogP contribution >= 0.6 is 11.6 Å². The van der Waals surface area contributed by atoms with Crippen LogP contribution < -0.4 is 0 Å². The molecule has 1 aliphatic heterocycles. The molecule has 1 aliphatic rings. The number of rotatable bonds is 3. The van der Waals surface area contributed by atoms with Gasteiger partial charge in [0.25, 0.3) is 0 Å². The molecule has 0 aliphatic carbocycles. The molecule has 0 spiro atoms. The molecule has 158 valence electrons. The predicted molar refractivity (Wildman–Crippen MR) is 112 cm³/mol. The first-order chi connectivity index (χ1) is 14.9. The van der Waals surface area contributed by atoms with Crippen molar-refractivity contribution in [2.24, 2.45) is 0 Å². The van der Waals surface area contributed by atoms with Gasteiger partial charge in [0.15, 0.2) is 16.5 Å². The van der Waals surface area contributed by atoms with Gasteiger partial charge in [-0.05, 0) is 37.4 Å². The van der Waals surface area contributed by atoms with Crippen LogP contribution in [0.25, 0.3) is 28.0 Å². The van der Waals surface area contributed by atoms with Gasteiger partial charge in [0.2, 0.25) is 0 Å². The van der Waals surface area contributed by atoms with Crippen molar-refractivity contribution in [3.63, 3.8) is 0 Å². The van der Waals surface area contributed by atoms with Crippen molar-refractivity contribution in [2.45, 2.75) is 13.1 Å². The van der Waals surface area contributed by atoms with E-state index < -0.39 is 5.97 Å². The highest BCUT2D eigenvalue weighted by atomic mass is 35.5. The largest absolute Gasteiger partial charge is 0.464 e. The van der Waals surface area contributed by atoms with Gasteiger partial charge in [-0.1, -0.05) is 11.6 Å². The summed E-state index contributed by atoms with van der Waals surface area (Å²) in [6.07, 6.45) is 1.48. The summed E-state index contributed by atoms with van der Waals surface area (Å²) in [6.45, 7) is 2.25. The van der Waals surface area contributed by atoms with E-state index in [2.05, 4.69) is 15.0 Å². The molecule has 0 bridgehead atoms. The third-order valence-corrected chi connectivity index (χ3v) is 5.53. The predicted octanol–water partition coefficient (Wildman–Crippen LogP) is 3.28. The first-order valence-electron chi connectivity index (χ1n) is 9.63. The summed E-state index contributed by atoms with van der Waals surface area (Å²) in [6, 6.07) is 7.92. The van der Waals surface area contributed by atoms with Gasteiger partial charge in [-0.15, -0.1) is 0 Å². The van der Waals surface area contributed by atoms with Crippen molar-refractivity contribution in [3.8, 4) is 22.4 Å². The minimum atomic E-state index is -0.567. The lowest BCUT2D eigenvalue weighted by Gasteiger charge is -2.24. The van der Waals surface area contributed by atoms with Crippen LogP contribution in [-0.2, 0) is 17.8 Å². The molecule has 0 fully saturated rings. The number of carbonyl (C=O) groups is 1. The number of benzene rings is 1. The Kier molecular flexibility index (Phi) is 4.71. The van der Waals surface area contributed by atoms with Gasteiger partial charge in [0.1, 0.15) is 11.5 Å². The van der Waals surface area contributed by atoms with Crippen LogP contribution in [0, 0.1) is 5.82 Å². The lowest BCUT2D eigenvalue weighted by molar-refractivity contribution is 0.0594. The number of likely N-dealkylation sites (N-methyl/N-ethyl adjacent to an activating group) is 1. The van der Waals surface area contributed by atoms with Crippen LogP contribution in [0.15, 0.2) is 36.5 Å². The number of esters is 1. The van der Waals surface area contributed by atoms with Gasteiger partial charge >= 0.3 is 5.97 Å². The van der Waals surface area contributed by atoms with E-state index in [1.165, 1.54) is 30.0 Å². The van der Waals surface area contributed by atoms with Crippen molar-refractivity contribution in [2.75, 3.05) is 20.7 Å². The van der Waals surface area contributed by atoms with Crippen molar-refractivity contribution < 1.29 is 13.9 Å². The van der Waals surface area contributed by atoms with Crippen molar-refractivity contribution in [3.05, 3.63) is 58.9 Å². The first kappa shape index (κ1) is 19.7. The minimum absolute atomic E-state index is 0.125. The second-order valence-corrected chi connectivity index (χ2v) is 7.79. The van der Waals surface area contributed by atoms with Crippen molar-refractivity contribution >= 4 is 23.2 Å². The van der Waals surface area contributed by atoms with Gasteiger partial charge < -0.3 is 4.74 Å². The summed E-state index contributed by atoms with van der Waals surface area (Å²) in [5.41, 5.74) is 4.54. The van der Waals surface area contributed by atoms with Crippen LogP contribution in [0.1, 0.15) is 16.2 Å². The standard InChI is InChI=1S/C21H18ClFN6O2/c1-27-7-8-28-16(11-27)18(19(26-28)12-3-5-13(23)6-4-12)14-9-17(22)25-29-10-15(21(30)31-2)24-20(14)29/h3-6,9-10H,7-8,11H2,1-2H3. The minimum Gasteiger partial charge on any atom is -0.464 e. The Morgan fingerprint density at radius 3 is 2.71 bits per heavy atom. The van der Waals surface area contributed by atoms with Crippen molar-refractivity contribution in [1.82, 2.24) is 29.3 Å². The number of imidazole rings is 1. The number of halogens is 2. The van der Waals surface area contributed by atoms with Crippen LogP contribution in [-0.4, -0.2) is 55.9 Å². The fourth-order valence-electron chi connectivity index (χ4n) is 3.87. The molecule has 0 unspecified atom stereocenters. The van der Waals surface area contributed by atoms with E-state index in [1.54, 1.807) is 18.2 Å². The molecule has 0 radical (unpaired) electrons. The zero-order valence-corrected chi connectivity index (χ0v) is 17.6. The maximum atomic E-state index is 13.6. The van der Waals surface area contributed by atoms with Gasteiger partial charge in [-0.2, -0.15) is 10.2 Å². The molecule has 0 saturated carbocycles. The molecule has 0 saturated heterocycles. The van der Waals surface area contributed by atoms with Crippen LogP contribution in [0.2, 0.25) is 5.15 Å². The van der Waals surface area contributed by atoms with E-state index in [0.29, 0.717) is 23.4 Å². The Morgan fingerprint density at radius 2 is 1.97 bits per heavy atom. The number of fused-ring (bicyclic) bond motifs is 2. The Hall–Kier alpha value is -3.30. The number of carbonyl (C=O) groups excluding carboxylic acids is 1. The van der Waals surface area contributed by atoms with E-state index in [4.69, 9.17) is 21.4 Å². The highest BCUT2D eigenvalue weighted by molar-refractivity contribution is 6.29. The molecule has 4 heterocycles. The highest BCUT2D eigenvalue weighted by Gasteiger charge is 2.27. The second-order valence-electron chi connectivity index (χ2n) is 7.40. The van der Waals surface area contributed by atoms with Gasteiger partial charge in [0.05, 0.1) is 25.5 Å². The zero-order valence-electron chi connectivity index (χ0n) is 16.8. The Balaban J connectivity index is 1.81. The maximum Gasteiger partial charge on any atom is 0.358 e. The van der Waals surface area contributed by atoms with E-state index in [1.807, 2.05) is 11.7 Å². The third-order valence-electron chi connectivity index (χ3n) is 5.35. The molecule has 1 aromatic carbocycles. The molecule has 0 N–H and O–H groups in total. The lowest BCUT2D eigenvalue weighted by Crippen LogP contribution is -2.30. The molecule has 0 amide bonds. The molecule has 0 atom stereocenters. The molecule has 10 heteroatoms. The quantitative estimate of drug-likeness (QED) is 0.455. The van der Waals surface area contributed by atoms with Crippen molar-refractivity contribution in [1.29, 1.82) is 0 Å². The maximum absolute atomic E-state index is 13.6. The summed E-state index contributed by atoms with van der Waals surface area (Å²) in [4.78, 5) is 18.7. The van der Waals surface area contributed by atoms with E-state index in [0.717, 1.165) is 29.9 Å². The van der Waals surface area contributed by atoms with E-state index in [-0.39, 0.29) is 16.7 Å². The molecular weight excluding hydrogens is 423 g/mol. The zero-order chi connectivity index (χ0) is 21.7. The monoisotopic (exact) mass is 440 g/mol. The molecule has 3 aromatic heterocycles. The number of hydrogen-bond donors (Lipinski definition) is 0. The van der Waals surface area contributed by atoms with E-state index >= 15 is 0 Å². The molecular formula is C21H18ClFN6O2. The number of ether oxygens (including phenoxy) is 1. The fraction of sp³-hybridized carbons (Fsp3) is 0.238. The van der Waals surface area contributed by atoms with E-state index in [9.17, 15) is 9.18 Å². The van der Waals surface area contributed by atoms with Gasteiger partial charge in [-0.25, -0.2) is 18.7 Å². The summed E-state index contributed by atoms with van der Waals surface area (Å²) >= 11 is 6.33. The summed E-state index contributed by atoms with van der Waals surface area (Å²) in [7, 11) is 3.34. The van der Waals surface area contributed by atoms with Crippen LogP contribution in [0.3, 0.4) is 0 Å². The Labute approximate surface area is 181 Å². The topological polar surface area (TPSA) is 77.5 Å². The smallest absolute Gasteiger partial charge is 0.358 e. The number of hydrogen-bond acceptors (Lipinski definition) is 6. The second kappa shape index (κ2) is 7.44. The average molecular weight is 441 g/mol. The number of methoxy groups -OCH3 is 1. The average Bonchev–Trinajstić information content (AvgIpc) is 3.34.